The zero-order valence-electron chi connectivity index (χ0n) is 15.8. The van der Waals surface area contributed by atoms with E-state index in [1.807, 2.05) is 13.8 Å². The molecule has 3 aliphatic carbocycles. The summed E-state index contributed by atoms with van der Waals surface area (Å²) < 4.78 is 0. The van der Waals surface area contributed by atoms with E-state index in [0.29, 0.717) is 17.9 Å². The third-order valence-corrected chi connectivity index (χ3v) is 6.61. The van der Waals surface area contributed by atoms with Crippen LogP contribution in [0.5, 0.6) is 0 Å². The second kappa shape index (κ2) is 8.07. The minimum atomic E-state index is 0.0422. The van der Waals surface area contributed by atoms with Crippen molar-refractivity contribution in [3.05, 3.63) is 0 Å². The average Bonchev–Trinajstić information content (AvgIpc) is 2.54. The molecule has 0 radical (unpaired) electrons. The lowest BCUT2D eigenvalue weighted by molar-refractivity contribution is -0.131. The minimum Gasteiger partial charge on any atom is -0.354 e. The van der Waals surface area contributed by atoms with Crippen LogP contribution in [-0.4, -0.2) is 29.9 Å². The van der Waals surface area contributed by atoms with Gasteiger partial charge in [-0.25, -0.2) is 0 Å². The number of hydrogen-bond donors (Lipinski definition) is 3. The van der Waals surface area contributed by atoms with Crippen LogP contribution in [0.1, 0.15) is 71.6 Å². The lowest BCUT2D eigenvalue weighted by Gasteiger charge is -2.44. The first-order valence-electron chi connectivity index (χ1n) is 10.3. The summed E-state index contributed by atoms with van der Waals surface area (Å²) in [6, 6.07) is 0.629. The molecule has 0 aromatic rings. The summed E-state index contributed by atoms with van der Waals surface area (Å²) in [6.45, 7) is 3.98. The number of hydrogen-bond acceptors (Lipinski definition) is 3. The normalized spacial score (nSPS) is 38.2. The van der Waals surface area contributed by atoms with Crippen molar-refractivity contribution in [2.45, 2.75) is 89.8 Å². The zero-order valence-corrected chi connectivity index (χ0v) is 15.8. The van der Waals surface area contributed by atoms with Crippen molar-refractivity contribution in [1.29, 1.82) is 0 Å². The third-order valence-electron chi connectivity index (χ3n) is 6.61. The molecule has 4 unspecified atom stereocenters. The maximum Gasteiger partial charge on any atom is 0.223 e. The molecule has 0 spiro atoms. The van der Waals surface area contributed by atoms with Gasteiger partial charge in [-0.1, -0.05) is 12.8 Å². The molecular weight excluding hydrogens is 314 g/mol. The summed E-state index contributed by atoms with van der Waals surface area (Å²) >= 11 is 0. The second-order valence-electron chi connectivity index (χ2n) is 8.93. The quantitative estimate of drug-likeness (QED) is 0.728. The number of nitrogens with two attached hydrogens (primary N) is 1. The minimum absolute atomic E-state index is 0.0422. The molecular formula is C20H35N3O2. The highest BCUT2D eigenvalue weighted by atomic mass is 16.2. The van der Waals surface area contributed by atoms with Crippen molar-refractivity contribution in [3.63, 3.8) is 0 Å². The first-order chi connectivity index (χ1) is 11.9. The number of carbonyl (C=O) groups is 2. The van der Waals surface area contributed by atoms with E-state index in [1.54, 1.807) is 0 Å². The van der Waals surface area contributed by atoms with Crippen molar-refractivity contribution in [1.82, 2.24) is 10.6 Å². The van der Waals surface area contributed by atoms with Crippen LogP contribution in [0.25, 0.3) is 0 Å². The highest BCUT2D eigenvalue weighted by Gasteiger charge is 2.41. The molecule has 0 heterocycles. The van der Waals surface area contributed by atoms with Gasteiger partial charge >= 0.3 is 0 Å². The molecule has 0 aromatic carbocycles. The van der Waals surface area contributed by atoms with E-state index in [4.69, 9.17) is 5.73 Å². The van der Waals surface area contributed by atoms with Crippen molar-refractivity contribution in [2.75, 3.05) is 0 Å². The summed E-state index contributed by atoms with van der Waals surface area (Å²) in [5, 5.41) is 6.29. The predicted molar refractivity (Wildman–Crippen MR) is 98.7 cm³/mol. The van der Waals surface area contributed by atoms with Crippen LogP contribution in [0.2, 0.25) is 0 Å². The third kappa shape index (κ3) is 4.55. The van der Waals surface area contributed by atoms with Gasteiger partial charge in [0.25, 0.3) is 0 Å². The van der Waals surface area contributed by atoms with E-state index in [1.165, 1.54) is 19.3 Å². The second-order valence-corrected chi connectivity index (χ2v) is 8.93. The molecule has 5 nitrogen and oxygen atoms in total. The van der Waals surface area contributed by atoms with Crippen LogP contribution in [0, 0.1) is 23.7 Å². The SMILES string of the molecule is CC(C)NC(=O)C1CCCC(NC(=O)C2CC3CCCC(C2)C3N)C1. The molecule has 3 fully saturated rings. The van der Waals surface area contributed by atoms with Crippen molar-refractivity contribution in [3.8, 4) is 0 Å². The van der Waals surface area contributed by atoms with Crippen LogP contribution >= 0.6 is 0 Å². The van der Waals surface area contributed by atoms with E-state index in [-0.39, 0.29) is 35.7 Å². The molecule has 2 amide bonds. The maximum atomic E-state index is 12.8. The van der Waals surface area contributed by atoms with Crippen molar-refractivity contribution < 1.29 is 9.59 Å². The fourth-order valence-corrected chi connectivity index (χ4v) is 5.28. The first-order valence-corrected chi connectivity index (χ1v) is 10.3. The van der Waals surface area contributed by atoms with Gasteiger partial charge in [-0.2, -0.15) is 0 Å². The largest absolute Gasteiger partial charge is 0.354 e. The molecule has 3 rings (SSSR count). The van der Waals surface area contributed by atoms with E-state index in [2.05, 4.69) is 10.6 Å². The van der Waals surface area contributed by atoms with Gasteiger partial charge in [0.05, 0.1) is 0 Å². The van der Waals surface area contributed by atoms with Gasteiger partial charge < -0.3 is 16.4 Å². The summed E-state index contributed by atoms with van der Waals surface area (Å²) in [7, 11) is 0. The molecule has 0 aromatic heterocycles. The molecule has 142 valence electrons. The van der Waals surface area contributed by atoms with Gasteiger partial charge in [0, 0.05) is 30.0 Å². The van der Waals surface area contributed by atoms with Gasteiger partial charge in [-0.15, -0.1) is 0 Å². The summed E-state index contributed by atoms with van der Waals surface area (Å²) in [5.74, 6) is 1.57. The number of carbonyl (C=O) groups excluding carboxylic acids is 2. The Hall–Kier alpha value is -1.10. The first kappa shape index (κ1) is 18.7. The molecule has 25 heavy (non-hydrogen) atoms. The highest BCUT2D eigenvalue weighted by Crippen LogP contribution is 2.42. The Morgan fingerprint density at radius 1 is 0.880 bits per heavy atom. The smallest absolute Gasteiger partial charge is 0.223 e. The van der Waals surface area contributed by atoms with Crippen LogP contribution in [0.15, 0.2) is 0 Å². The van der Waals surface area contributed by atoms with Gasteiger partial charge in [-0.05, 0) is 70.6 Å². The lowest BCUT2D eigenvalue weighted by Crippen LogP contribution is -2.51. The monoisotopic (exact) mass is 349 g/mol. The van der Waals surface area contributed by atoms with Crippen molar-refractivity contribution >= 4 is 11.8 Å². The number of nitrogens with one attached hydrogen (secondary N) is 2. The van der Waals surface area contributed by atoms with E-state index in [0.717, 1.165) is 38.5 Å². The highest BCUT2D eigenvalue weighted by molar-refractivity contribution is 5.80. The molecule has 3 saturated carbocycles. The Bertz CT molecular complexity index is 479. The molecule has 3 aliphatic rings. The summed E-state index contributed by atoms with van der Waals surface area (Å²) in [6.07, 6.45) is 9.27. The standard InChI is InChI=1S/C20H35N3O2/c1-12(2)22-19(24)15-7-4-8-17(11-15)23-20(25)16-9-13-5-3-6-14(10-16)18(13)21/h12-18H,3-11,21H2,1-2H3,(H,22,24)(H,23,25). The van der Waals surface area contributed by atoms with E-state index < -0.39 is 0 Å². The Morgan fingerprint density at radius 2 is 1.52 bits per heavy atom. The van der Waals surface area contributed by atoms with Gasteiger partial charge in [-0.3, -0.25) is 9.59 Å². The Kier molecular flexibility index (Phi) is 6.03. The van der Waals surface area contributed by atoms with E-state index >= 15 is 0 Å². The molecule has 5 heteroatoms. The average molecular weight is 350 g/mol. The summed E-state index contributed by atoms with van der Waals surface area (Å²) in [5.41, 5.74) is 6.35. The fourth-order valence-electron chi connectivity index (χ4n) is 5.28. The molecule has 0 saturated heterocycles. The van der Waals surface area contributed by atoms with Crippen LogP contribution in [0.3, 0.4) is 0 Å². The van der Waals surface area contributed by atoms with Crippen LogP contribution in [-0.2, 0) is 9.59 Å². The Balaban J connectivity index is 1.51. The number of fused-ring (bicyclic) bond motifs is 2. The predicted octanol–water partition coefficient (Wildman–Crippen LogP) is 2.34. The van der Waals surface area contributed by atoms with Crippen LogP contribution < -0.4 is 16.4 Å². The molecule has 4 N–H and O–H groups in total. The molecule has 0 aliphatic heterocycles. The Labute approximate surface area is 151 Å². The fraction of sp³-hybridized carbons (Fsp3) is 0.900. The molecule has 4 atom stereocenters. The zero-order chi connectivity index (χ0) is 18.0. The van der Waals surface area contributed by atoms with Gasteiger partial charge in [0.1, 0.15) is 0 Å². The van der Waals surface area contributed by atoms with E-state index in [9.17, 15) is 9.59 Å². The van der Waals surface area contributed by atoms with Crippen LogP contribution in [0.4, 0.5) is 0 Å². The Morgan fingerprint density at radius 3 is 2.16 bits per heavy atom. The topological polar surface area (TPSA) is 84.2 Å². The van der Waals surface area contributed by atoms with Gasteiger partial charge in [0.15, 0.2) is 0 Å². The van der Waals surface area contributed by atoms with Crippen molar-refractivity contribution in [2.24, 2.45) is 29.4 Å². The lowest BCUT2D eigenvalue weighted by atomic mass is 9.65. The number of rotatable bonds is 4. The maximum absolute atomic E-state index is 12.8. The molecule has 2 bridgehead atoms. The summed E-state index contributed by atoms with van der Waals surface area (Å²) in [4.78, 5) is 25.1. The number of amides is 2. The van der Waals surface area contributed by atoms with Gasteiger partial charge in [0.2, 0.25) is 11.8 Å².